The first-order valence-corrected chi connectivity index (χ1v) is 13.1. The van der Waals surface area contributed by atoms with Gasteiger partial charge < -0.3 is 33.2 Å². The molecule has 0 N–H and O–H groups in total. The van der Waals surface area contributed by atoms with Crippen LogP contribution in [-0.2, 0) is 19.5 Å². The van der Waals surface area contributed by atoms with E-state index in [2.05, 4.69) is 11.9 Å². The van der Waals surface area contributed by atoms with E-state index in [1.807, 2.05) is 18.2 Å². The predicted molar refractivity (Wildman–Crippen MR) is 148 cm³/mol. The van der Waals surface area contributed by atoms with Crippen molar-refractivity contribution in [3.8, 4) is 40.0 Å². The molecule has 0 bridgehead atoms. The highest BCUT2D eigenvalue weighted by atomic mass is 16.7. The molecule has 9 nitrogen and oxygen atoms in total. The van der Waals surface area contributed by atoms with Crippen molar-refractivity contribution in [2.24, 2.45) is 0 Å². The lowest BCUT2D eigenvalue weighted by atomic mass is 9.91. The Morgan fingerprint density at radius 2 is 1.62 bits per heavy atom. The van der Waals surface area contributed by atoms with Crippen molar-refractivity contribution < 1.29 is 28.5 Å². The zero-order valence-corrected chi connectivity index (χ0v) is 22.8. The second-order valence-electron chi connectivity index (χ2n) is 10.2. The minimum absolute atomic E-state index is 0.0640. The monoisotopic (exact) mass is 540 g/mol. The molecule has 1 aromatic heterocycles. The second kappa shape index (κ2) is 9.02. The summed E-state index contributed by atoms with van der Waals surface area (Å²) < 4.78 is 30.6. The average molecular weight is 541 g/mol. The van der Waals surface area contributed by atoms with Gasteiger partial charge in [0.15, 0.2) is 28.8 Å². The second-order valence-corrected chi connectivity index (χ2v) is 10.2. The molecule has 4 aromatic rings. The van der Waals surface area contributed by atoms with Crippen molar-refractivity contribution in [3.63, 3.8) is 0 Å². The summed E-state index contributed by atoms with van der Waals surface area (Å²) in [6, 6.07) is 10.9. The molecule has 3 aromatic carbocycles. The van der Waals surface area contributed by atoms with Gasteiger partial charge >= 0.3 is 0 Å². The van der Waals surface area contributed by atoms with Crippen LogP contribution in [0.15, 0.2) is 41.2 Å². The number of nitrogens with zero attached hydrogens (tertiary/aromatic N) is 2. The molecule has 0 spiro atoms. The third-order valence-corrected chi connectivity index (χ3v) is 8.22. The molecule has 1 aliphatic carbocycles. The lowest BCUT2D eigenvalue weighted by molar-refractivity contribution is 0.104. The molecule has 0 saturated carbocycles. The molecule has 0 atom stereocenters. The molecule has 9 heteroatoms. The van der Waals surface area contributed by atoms with Crippen molar-refractivity contribution in [3.05, 3.63) is 74.6 Å². The summed E-state index contributed by atoms with van der Waals surface area (Å²) >= 11 is 0. The van der Waals surface area contributed by atoms with Gasteiger partial charge in [-0.05, 0) is 31.2 Å². The van der Waals surface area contributed by atoms with Crippen LogP contribution >= 0.6 is 0 Å². The lowest BCUT2D eigenvalue weighted by Crippen LogP contribution is -2.30. The number of carbonyl (C=O) groups excluding carboxylic acids is 1. The molecular weight excluding hydrogens is 512 g/mol. The lowest BCUT2D eigenvalue weighted by Gasteiger charge is -2.30. The van der Waals surface area contributed by atoms with Crippen LogP contribution in [-0.4, -0.2) is 57.0 Å². The highest BCUT2D eigenvalue weighted by Crippen LogP contribution is 2.50. The average Bonchev–Trinajstić information content (AvgIpc) is 3.57. The van der Waals surface area contributed by atoms with E-state index in [-0.39, 0.29) is 24.7 Å². The van der Waals surface area contributed by atoms with E-state index in [0.29, 0.717) is 62.9 Å². The van der Waals surface area contributed by atoms with Crippen LogP contribution < -0.4 is 29.2 Å². The third kappa shape index (κ3) is 3.24. The van der Waals surface area contributed by atoms with E-state index < -0.39 is 0 Å². The van der Waals surface area contributed by atoms with Crippen molar-refractivity contribution in [2.75, 3.05) is 41.7 Å². The van der Waals surface area contributed by atoms with Crippen molar-refractivity contribution in [1.29, 1.82) is 0 Å². The minimum atomic E-state index is -0.279. The van der Waals surface area contributed by atoms with Gasteiger partial charge in [0.2, 0.25) is 12.5 Å². The molecule has 0 amide bonds. The number of aromatic nitrogens is 1. The van der Waals surface area contributed by atoms with Crippen LogP contribution in [0.25, 0.3) is 22.0 Å². The zero-order valence-electron chi connectivity index (χ0n) is 22.8. The van der Waals surface area contributed by atoms with Crippen molar-refractivity contribution in [1.82, 2.24) is 9.47 Å². The first kappa shape index (κ1) is 24.5. The smallest absolute Gasteiger partial charge is 0.263 e. The van der Waals surface area contributed by atoms with E-state index in [0.717, 1.165) is 35.2 Å². The van der Waals surface area contributed by atoms with Gasteiger partial charge in [0.1, 0.15) is 0 Å². The van der Waals surface area contributed by atoms with Gasteiger partial charge in [-0.25, -0.2) is 0 Å². The number of rotatable bonds is 5. The van der Waals surface area contributed by atoms with E-state index >= 15 is 0 Å². The Hall–Kier alpha value is -4.50. The number of pyridine rings is 1. The largest absolute Gasteiger partial charge is 0.493 e. The fraction of sp³-hybridized carbons (Fsp3) is 0.290. The summed E-state index contributed by atoms with van der Waals surface area (Å²) in [5, 5.41) is 0.843. The van der Waals surface area contributed by atoms with E-state index in [1.165, 1.54) is 14.2 Å². The number of ketones is 1. The van der Waals surface area contributed by atoms with Crippen LogP contribution in [0.5, 0.6) is 28.7 Å². The summed E-state index contributed by atoms with van der Waals surface area (Å²) in [5.74, 6) is 2.39. The SMILES string of the molecule is COc1ccc2c3c(n(Cc4c5c(c(OC)c6c4OCO6)CN(C)CC5)c(=O)c2c1OC)-c1ccccc1C3=O. The first-order chi connectivity index (χ1) is 19.5. The van der Waals surface area contributed by atoms with Crippen LogP contribution in [0.1, 0.15) is 32.6 Å². The molecule has 0 radical (unpaired) electrons. The first-order valence-electron chi connectivity index (χ1n) is 13.1. The van der Waals surface area contributed by atoms with Gasteiger partial charge in [-0.15, -0.1) is 0 Å². The fourth-order valence-corrected chi connectivity index (χ4v) is 6.46. The van der Waals surface area contributed by atoms with Gasteiger partial charge in [0, 0.05) is 40.7 Å². The van der Waals surface area contributed by atoms with E-state index in [4.69, 9.17) is 23.7 Å². The number of hydrogen-bond donors (Lipinski definition) is 0. The summed E-state index contributed by atoms with van der Waals surface area (Å²) in [5.41, 5.74) is 5.05. The molecule has 3 heterocycles. The number of ether oxygens (including phenoxy) is 5. The molecule has 0 fully saturated rings. The molecule has 3 aliphatic rings. The topological polar surface area (TPSA) is 88.5 Å². The van der Waals surface area contributed by atoms with Crippen molar-refractivity contribution >= 4 is 16.6 Å². The van der Waals surface area contributed by atoms with Gasteiger partial charge in [-0.3, -0.25) is 9.59 Å². The number of hydrogen-bond acceptors (Lipinski definition) is 8. The highest BCUT2D eigenvalue weighted by Gasteiger charge is 2.37. The zero-order chi connectivity index (χ0) is 27.7. The van der Waals surface area contributed by atoms with Crippen LogP contribution in [0.4, 0.5) is 0 Å². The van der Waals surface area contributed by atoms with Crippen LogP contribution in [0.3, 0.4) is 0 Å². The van der Waals surface area contributed by atoms with Crippen molar-refractivity contribution in [2.45, 2.75) is 19.5 Å². The minimum Gasteiger partial charge on any atom is -0.493 e. The highest BCUT2D eigenvalue weighted by molar-refractivity contribution is 6.27. The number of carbonyl (C=O) groups is 1. The van der Waals surface area contributed by atoms with Gasteiger partial charge in [-0.2, -0.15) is 0 Å². The Labute approximate surface area is 230 Å². The van der Waals surface area contributed by atoms with Gasteiger partial charge in [-0.1, -0.05) is 24.3 Å². The van der Waals surface area contributed by atoms with Gasteiger partial charge in [0.05, 0.1) is 44.5 Å². The maximum absolute atomic E-state index is 14.5. The Morgan fingerprint density at radius 3 is 2.38 bits per heavy atom. The maximum atomic E-state index is 14.5. The molecular formula is C31H28N2O7. The fourth-order valence-electron chi connectivity index (χ4n) is 6.46. The Balaban J connectivity index is 1.57. The quantitative estimate of drug-likeness (QED) is 0.331. The number of fused-ring (bicyclic) bond motifs is 7. The number of benzene rings is 3. The summed E-state index contributed by atoms with van der Waals surface area (Å²) in [6.07, 6.45) is 0.755. The van der Waals surface area contributed by atoms with E-state index in [1.54, 1.807) is 29.9 Å². The summed E-state index contributed by atoms with van der Waals surface area (Å²) in [6.45, 7) is 1.77. The standard InChI is InChI=1S/C31H28N2O7/c1-32-12-11-16-20(13-32)27(37-3)30-28(39-15-40-30)21(16)14-33-25-17-7-5-6-8-18(17)26(34)23(25)19-9-10-22(36-2)29(38-4)24(19)31(33)35/h5-10H,11-15H2,1-4H3. The van der Waals surface area contributed by atoms with Crippen LogP contribution in [0.2, 0.25) is 0 Å². The third-order valence-electron chi connectivity index (χ3n) is 8.22. The van der Waals surface area contributed by atoms with Gasteiger partial charge in [0.25, 0.3) is 5.56 Å². The molecule has 2 aliphatic heterocycles. The maximum Gasteiger partial charge on any atom is 0.263 e. The number of likely N-dealkylation sites (N-methyl/N-ethyl adjacent to an activating group) is 1. The molecule has 40 heavy (non-hydrogen) atoms. The summed E-state index contributed by atoms with van der Waals surface area (Å²) in [7, 11) is 6.72. The Bertz CT molecular complexity index is 1810. The molecule has 7 rings (SSSR count). The summed E-state index contributed by atoms with van der Waals surface area (Å²) in [4.78, 5) is 30.6. The molecule has 0 unspecified atom stereocenters. The molecule has 204 valence electrons. The Kier molecular flexibility index (Phi) is 5.54. The number of methoxy groups -OCH3 is 3. The van der Waals surface area contributed by atoms with Crippen LogP contribution in [0, 0.1) is 0 Å². The Morgan fingerprint density at radius 1 is 0.875 bits per heavy atom. The molecule has 0 saturated heterocycles. The predicted octanol–water partition coefficient (Wildman–Crippen LogP) is 4.00. The normalized spacial score (nSPS) is 15.2. The van der Waals surface area contributed by atoms with E-state index in [9.17, 15) is 9.59 Å².